The zero-order valence-electron chi connectivity index (χ0n) is 14.8. The first-order valence-corrected chi connectivity index (χ1v) is 8.82. The maximum absolute atomic E-state index is 14.5. The molecule has 144 valence electrons. The Morgan fingerprint density at radius 1 is 1.26 bits per heavy atom. The number of amides is 1. The van der Waals surface area contributed by atoms with Crippen LogP contribution in [0.5, 0.6) is 0 Å². The second-order valence-electron chi connectivity index (χ2n) is 6.64. The summed E-state index contributed by atoms with van der Waals surface area (Å²) in [5.41, 5.74) is 12.5. The normalized spacial score (nSPS) is 19.5. The van der Waals surface area contributed by atoms with Gasteiger partial charge in [-0.05, 0) is 30.5 Å². The lowest BCUT2D eigenvalue weighted by molar-refractivity contribution is 0.100. The van der Waals surface area contributed by atoms with E-state index in [9.17, 15) is 14.3 Å². The number of pyridine rings is 2. The summed E-state index contributed by atoms with van der Waals surface area (Å²) in [7, 11) is 0. The molecule has 2 aromatic heterocycles. The van der Waals surface area contributed by atoms with Crippen LogP contribution in [0.25, 0.3) is 0 Å². The van der Waals surface area contributed by atoms with E-state index < -0.39 is 11.7 Å². The van der Waals surface area contributed by atoms with Crippen LogP contribution in [0, 0.1) is 5.82 Å². The number of nitrogens with one attached hydrogen (secondary N) is 2. The Bertz CT molecular complexity index is 831. The van der Waals surface area contributed by atoms with Crippen LogP contribution in [0.4, 0.5) is 21.7 Å². The molecule has 2 unspecified atom stereocenters. The first-order valence-electron chi connectivity index (χ1n) is 8.82. The second-order valence-corrected chi connectivity index (χ2v) is 6.64. The van der Waals surface area contributed by atoms with Crippen molar-refractivity contribution in [1.29, 1.82) is 0 Å². The number of hydrogen-bond acceptors (Lipinski definition) is 7. The third-order valence-electron chi connectivity index (χ3n) is 4.62. The van der Waals surface area contributed by atoms with Gasteiger partial charge in [0.1, 0.15) is 5.82 Å². The van der Waals surface area contributed by atoms with Crippen LogP contribution in [-0.4, -0.2) is 33.1 Å². The van der Waals surface area contributed by atoms with Gasteiger partial charge in [-0.2, -0.15) is 0 Å². The van der Waals surface area contributed by atoms with Gasteiger partial charge in [-0.25, -0.2) is 9.37 Å². The third kappa shape index (κ3) is 4.50. The molecule has 2 atom stereocenters. The molecule has 0 aromatic carbocycles. The molecule has 0 aliphatic heterocycles. The smallest absolute Gasteiger partial charge is 0.252 e. The number of aliphatic hydroxyl groups excluding tert-OH is 1. The maximum atomic E-state index is 14.5. The van der Waals surface area contributed by atoms with Crippen LogP contribution in [0.3, 0.4) is 0 Å². The van der Waals surface area contributed by atoms with Crippen LogP contribution < -0.4 is 22.1 Å². The Hall–Kier alpha value is -2.78. The number of carbonyl (C=O) groups is 1. The Morgan fingerprint density at radius 3 is 2.74 bits per heavy atom. The summed E-state index contributed by atoms with van der Waals surface area (Å²) < 4.78 is 14.5. The highest BCUT2D eigenvalue weighted by Crippen LogP contribution is 2.26. The van der Waals surface area contributed by atoms with Crippen molar-refractivity contribution in [2.45, 2.75) is 44.4 Å². The molecule has 0 bridgehead atoms. The van der Waals surface area contributed by atoms with Crippen molar-refractivity contribution in [1.82, 2.24) is 9.97 Å². The van der Waals surface area contributed by atoms with E-state index >= 15 is 0 Å². The van der Waals surface area contributed by atoms with Crippen molar-refractivity contribution in [3.05, 3.63) is 41.5 Å². The molecule has 9 heteroatoms. The zero-order valence-corrected chi connectivity index (χ0v) is 14.8. The minimum absolute atomic E-state index is 0.0103. The third-order valence-corrected chi connectivity index (χ3v) is 4.62. The number of aliphatic hydroxyl groups is 1. The topological polar surface area (TPSA) is 139 Å². The molecule has 0 radical (unpaired) electrons. The lowest BCUT2D eigenvalue weighted by Gasteiger charge is -2.30. The predicted molar refractivity (Wildman–Crippen MR) is 100 cm³/mol. The summed E-state index contributed by atoms with van der Waals surface area (Å²) in [6, 6.07) is 2.52. The summed E-state index contributed by atoms with van der Waals surface area (Å²) in [4.78, 5) is 19.9. The van der Waals surface area contributed by atoms with E-state index in [0.717, 1.165) is 31.7 Å². The summed E-state index contributed by atoms with van der Waals surface area (Å²) in [5.74, 6) is -1.37. The lowest BCUT2D eigenvalue weighted by atomic mass is 9.91. The van der Waals surface area contributed by atoms with E-state index in [1.807, 2.05) is 0 Å². The van der Waals surface area contributed by atoms with Crippen LogP contribution in [0.2, 0.25) is 0 Å². The first kappa shape index (κ1) is 19.0. The monoisotopic (exact) mass is 374 g/mol. The maximum Gasteiger partial charge on any atom is 0.252 e. The molecule has 8 nitrogen and oxygen atoms in total. The number of anilines is 3. The number of aromatic nitrogens is 2. The number of hydrogen-bond donors (Lipinski definition) is 5. The molecule has 1 aliphatic carbocycles. The molecule has 7 N–H and O–H groups in total. The molecule has 0 saturated heterocycles. The summed E-state index contributed by atoms with van der Waals surface area (Å²) in [5, 5.41) is 15.2. The van der Waals surface area contributed by atoms with Gasteiger partial charge in [-0.15, -0.1) is 0 Å². The van der Waals surface area contributed by atoms with E-state index in [0.29, 0.717) is 11.3 Å². The van der Waals surface area contributed by atoms with Crippen molar-refractivity contribution < 1.29 is 14.3 Å². The Morgan fingerprint density at radius 2 is 2.04 bits per heavy atom. The molecule has 1 saturated carbocycles. The number of halogens is 1. The zero-order chi connectivity index (χ0) is 19.4. The van der Waals surface area contributed by atoms with E-state index in [1.54, 1.807) is 6.07 Å². The molecule has 1 aliphatic rings. The minimum Gasteiger partial charge on any atom is -0.392 e. The van der Waals surface area contributed by atoms with Gasteiger partial charge in [0.15, 0.2) is 11.6 Å². The molecule has 1 amide bonds. The van der Waals surface area contributed by atoms with Crippen molar-refractivity contribution >= 4 is 23.2 Å². The molecule has 2 heterocycles. The highest BCUT2D eigenvalue weighted by atomic mass is 19.1. The van der Waals surface area contributed by atoms with Crippen molar-refractivity contribution in [3.8, 4) is 0 Å². The average Bonchev–Trinajstić information content (AvgIpc) is 2.66. The Labute approximate surface area is 156 Å². The van der Waals surface area contributed by atoms with E-state index in [4.69, 9.17) is 11.5 Å². The lowest BCUT2D eigenvalue weighted by Crippen LogP contribution is -2.43. The van der Waals surface area contributed by atoms with Gasteiger partial charge in [-0.1, -0.05) is 12.8 Å². The van der Waals surface area contributed by atoms with E-state index in [2.05, 4.69) is 20.6 Å². The Balaban J connectivity index is 1.91. The van der Waals surface area contributed by atoms with Gasteiger partial charge >= 0.3 is 0 Å². The molecular formula is C18H23FN6O2. The number of carbonyl (C=O) groups excluding carboxylic acids is 1. The molecule has 3 rings (SSSR count). The van der Waals surface area contributed by atoms with Gasteiger partial charge in [0.2, 0.25) is 0 Å². The standard InChI is InChI=1S/C18H23FN6O2/c19-13-6-12(16(21)27)17(23-11-5-10(9-26)7-22-8-11)25-18(13)24-15-4-2-1-3-14(15)20/h5-8,14-15,26H,1-4,9,20H2,(H2,21,27)(H2,23,24,25). The number of rotatable bonds is 6. The number of primary amides is 1. The minimum atomic E-state index is -0.809. The summed E-state index contributed by atoms with van der Waals surface area (Å²) in [6.07, 6.45) is 6.76. The van der Waals surface area contributed by atoms with Crippen LogP contribution in [0.15, 0.2) is 24.5 Å². The number of nitrogens with two attached hydrogens (primary N) is 2. The van der Waals surface area contributed by atoms with Gasteiger partial charge in [0.25, 0.3) is 5.91 Å². The molecular weight excluding hydrogens is 351 g/mol. The van der Waals surface area contributed by atoms with E-state index in [-0.39, 0.29) is 35.9 Å². The van der Waals surface area contributed by atoms with Crippen LogP contribution in [0.1, 0.15) is 41.6 Å². The van der Waals surface area contributed by atoms with Crippen molar-refractivity contribution in [2.24, 2.45) is 11.5 Å². The molecule has 2 aromatic rings. The van der Waals surface area contributed by atoms with Gasteiger partial charge in [0, 0.05) is 18.3 Å². The Kier molecular flexibility index (Phi) is 5.82. The fourth-order valence-electron chi connectivity index (χ4n) is 3.17. The predicted octanol–water partition coefficient (Wildman–Crippen LogP) is 1.63. The SMILES string of the molecule is NC(=O)c1cc(F)c(NC2CCCCC2N)nc1Nc1cncc(CO)c1. The van der Waals surface area contributed by atoms with Crippen LogP contribution in [-0.2, 0) is 6.61 Å². The van der Waals surface area contributed by atoms with E-state index in [1.165, 1.54) is 12.4 Å². The van der Waals surface area contributed by atoms with Gasteiger partial charge in [-0.3, -0.25) is 9.78 Å². The van der Waals surface area contributed by atoms with Crippen molar-refractivity contribution in [2.75, 3.05) is 10.6 Å². The average molecular weight is 374 g/mol. The van der Waals surface area contributed by atoms with Gasteiger partial charge in [0.05, 0.1) is 24.1 Å². The van der Waals surface area contributed by atoms with Gasteiger partial charge < -0.3 is 27.2 Å². The second kappa shape index (κ2) is 8.28. The highest BCUT2D eigenvalue weighted by Gasteiger charge is 2.24. The van der Waals surface area contributed by atoms with Crippen LogP contribution >= 0.6 is 0 Å². The molecule has 1 fully saturated rings. The fraction of sp³-hybridized carbons (Fsp3) is 0.389. The number of nitrogens with zero attached hydrogens (tertiary/aromatic N) is 2. The molecule has 27 heavy (non-hydrogen) atoms. The highest BCUT2D eigenvalue weighted by molar-refractivity contribution is 5.98. The summed E-state index contributed by atoms with van der Waals surface area (Å²) in [6.45, 7) is -0.186. The fourth-order valence-corrected chi connectivity index (χ4v) is 3.17. The quantitative estimate of drug-likeness (QED) is 0.518. The molecule has 0 spiro atoms. The van der Waals surface area contributed by atoms with Crippen molar-refractivity contribution in [3.63, 3.8) is 0 Å². The summed E-state index contributed by atoms with van der Waals surface area (Å²) >= 11 is 0. The first-order chi connectivity index (χ1) is 13.0. The largest absolute Gasteiger partial charge is 0.392 e.